The van der Waals surface area contributed by atoms with Crippen molar-refractivity contribution in [1.29, 1.82) is 0 Å². The normalized spacial score (nSPS) is 12.0. The maximum absolute atomic E-state index is 6.52. The van der Waals surface area contributed by atoms with Gasteiger partial charge in [0, 0.05) is 36.3 Å². The molecule has 0 aliphatic carbocycles. The maximum Gasteiger partial charge on any atom is 0.143 e. The molecular formula is C48H28OS. The van der Waals surface area contributed by atoms with E-state index in [2.05, 4.69) is 170 Å². The molecule has 2 heterocycles. The Morgan fingerprint density at radius 1 is 0.320 bits per heavy atom. The smallest absolute Gasteiger partial charge is 0.143 e. The molecule has 0 unspecified atom stereocenters. The largest absolute Gasteiger partial charge is 0.455 e. The molecule has 9 aromatic carbocycles. The predicted molar refractivity (Wildman–Crippen MR) is 215 cm³/mol. The summed E-state index contributed by atoms with van der Waals surface area (Å²) in [5.41, 5.74) is 9.40. The minimum atomic E-state index is 0.945. The monoisotopic (exact) mass is 652 g/mol. The Morgan fingerprint density at radius 2 is 0.900 bits per heavy atom. The Balaban J connectivity index is 1.07. The van der Waals surface area contributed by atoms with Crippen LogP contribution in [0.2, 0.25) is 0 Å². The molecule has 0 spiro atoms. The molecular weight excluding hydrogens is 625 g/mol. The van der Waals surface area contributed by atoms with Crippen molar-refractivity contribution in [3.05, 3.63) is 170 Å². The van der Waals surface area contributed by atoms with Gasteiger partial charge >= 0.3 is 0 Å². The third kappa shape index (κ3) is 4.06. The number of hydrogen-bond acceptors (Lipinski definition) is 2. The van der Waals surface area contributed by atoms with E-state index in [1.165, 1.54) is 91.3 Å². The Kier molecular flexibility index (Phi) is 5.89. The number of hydrogen-bond donors (Lipinski definition) is 0. The molecule has 0 aliphatic rings. The number of fused-ring (bicyclic) bond motifs is 10. The topological polar surface area (TPSA) is 13.1 Å². The van der Waals surface area contributed by atoms with Crippen LogP contribution in [-0.2, 0) is 0 Å². The van der Waals surface area contributed by atoms with Gasteiger partial charge in [0.05, 0.1) is 0 Å². The quantitative estimate of drug-likeness (QED) is 0.173. The van der Waals surface area contributed by atoms with Gasteiger partial charge in [-0.3, -0.25) is 0 Å². The average Bonchev–Trinajstić information content (AvgIpc) is 3.73. The van der Waals surface area contributed by atoms with E-state index in [1.54, 1.807) is 0 Å². The van der Waals surface area contributed by atoms with Crippen LogP contribution in [0.15, 0.2) is 174 Å². The molecule has 11 rings (SSSR count). The van der Waals surface area contributed by atoms with Crippen molar-refractivity contribution >= 4 is 85.8 Å². The van der Waals surface area contributed by atoms with Crippen LogP contribution < -0.4 is 0 Å². The summed E-state index contributed by atoms with van der Waals surface area (Å²) in [7, 11) is 0. The summed E-state index contributed by atoms with van der Waals surface area (Å²) < 4.78 is 9.05. The second-order valence-electron chi connectivity index (χ2n) is 13.2. The molecule has 0 radical (unpaired) electrons. The number of benzene rings is 9. The number of rotatable bonds is 3. The van der Waals surface area contributed by atoms with Crippen molar-refractivity contribution in [2.45, 2.75) is 0 Å². The van der Waals surface area contributed by atoms with Crippen LogP contribution in [-0.4, -0.2) is 0 Å². The molecule has 0 fully saturated rings. The van der Waals surface area contributed by atoms with E-state index < -0.39 is 0 Å². The van der Waals surface area contributed by atoms with Gasteiger partial charge in [-0.25, -0.2) is 0 Å². The summed E-state index contributed by atoms with van der Waals surface area (Å²) in [6.45, 7) is 0. The highest BCUT2D eigenvalue weighted by Crippen LogP contribution is 2.45. The number of furan rings is 1. The first-order valence-electron chi connectivity index (χ1n) is 17.1. The van der Waals surface area contributed by atoms with Crippen molar-refractivity contribution < 1.29 is 4.42 Å². The second kappa shape index (κ2) is 10.6. The van der Waals surface area contributed by atoms with E-state index in [9.17, 15) is 0 Å². The highest BCUT2D eigenvalue weighted by molar-refractivity contribution is 7.25. The van der Waals surface area contributed by atoms with Gasteiger partial charge in [-0.15, -0.1) is 11.3 Å². The van der Waals surface area contributed by atoms with Crippen LogP contribution >= 0.6 is 11.3 Å². The summed E-state index contributed by atoms with van der Waals surface area (Å²) in [5, 5.41) is 12.4. The van der Waals surface area contributed by atoms with Crippen LogP contribution in [0.3, 0.4) is 0 Å². The summed E-state index contributed by atoms with van der Waals surface area (Å²) in [5.74, 6) is 0. The minimum absolute atomic E-state index is 0.945. The van der Waals surface area contributed by atoms with Gasteiger partial charge in [0.1, 0.15) is 11.2 Å². The van der Waals surface area contributed by atoms with E-state index in [-0.39, 0.29) is 0 Å². The predicted octanol–water partition coefficient (Wildman–Crippen LogP) is 14.4. The van der Waals surface area contributed by atoms with Crippen molar-refractivity contribution in [3.63, 3.8) is 0 Å². The van der Waals surface area contributed by atoms with Crippen LogP contribution in [0.5, 0.6) is 0 Å². The van der Waals surface area contributed by atoms with Crippen LogP contribution in [0, 0.1) is 0 Å². The van der Waals surface area contributed by atoms with Crippen molar-refractivity contribution in [2.75, 3.05) is 0 Å². The molecule has 232 valence electrons. The molecule has 50 heavy (non-hydrogen) atoms. The van der Waals surface area contributed by atoms with Gasteiger partial charge in [-0.1, -0.05) is 140 Å². The first-order valence-corrected chi connectivity index (χ1v) is 17.9. The molecule has 0 N–H and O–H groups in total. The lowest BCUT2D eigenvalue weighted by atomic mass is 9.85. The molecule has 0 saturated carbocycles. The fourth-order valence-corrected chi connectivity index (χ4v) is 9.32. The third-order valence-corrected chi connectivity index (χ3v) is 11.5. The summed E-state index contributed by atoms with van der Waals surface area (Å²) in [6.07, 6.45) is 0. The van der Waals surface area contributed by atoms with Crippen LogP contribution in [0.1, 0.15) is 0 Å². The fourth-order valence-electron chi connectivity index (χ4n) is 8.16. The lowest BCUT2D eigenvalue weighted by Crippen LogP contribution is -1.91. The maximum atomic E-state index is 6.52. The van der Waals surface area contributed by atoms with Gasteiger partial charge in [0.25, 0.3) is 0 Å². The Hall–Kier alpha value is -6.22. The number of thiophene rings is 1. The molecule has 1 nitrogen and oxygen atoms in total. The summed E-state index contributed by atoms with van der Waals surface area (Å²) in [4.78, 5) is 0. The second-order valence-corrected chi connectivity index (χ2v) is 14.3. The Labute approximate surface area is 292 Å². The van der Waals surface area contributed by atoms with Crippen molar-refractivity contribution in [3.8, 4) is 33.4 Å². The Bertz CT molecular complexity index is 3090. The van der Waals surface area contributed by atoms with Crippen molar-refractivity contribution in [1.82, 2.24) is 0 Å². The van der Waals surface area contributed by atoms with Gasteiger partial charge in [0.2, 0.25) is 0 Å². The molecule has 0 bridgehead atoms. The third-order valence-electron chi connectivity index (χ3n) is 10.4. The summed E-state index contributed by atoms with van der Waals surface area (Å²) in [6, 6.07) is 62.0. The van der Waals surface area contributed by atoms with E-state index >= 15 is 0 Å². The SMILES string of the molecule is c1ccc(-c2c3ccccc3c(-c3cccc(-c4ccc5c(c4)sc4cc6oc7c8ccccc8ccc7c6cc45)c3)c3ccccc23)cc1. The summed E-state index contributed by atoms with van der Waals surface area (Å²) >= 11 is 1.84. The zero-order chi connectivity index (χ0) is 32.8. The van der Waals surface area contributed by atoms with Crippen LogP contribution in [0.4, 0.5) is 0 Å². The molecule has 2 aromatic heterocycles. The zero-order valence-corrected chi connectivity index (χ0v) is 27.8. The fraction of sp³-hybridized carbons (Fsp3) is 0. The minimum Gasteiger partial charge on any atom is -0.455 e. The molecule has 2 heteroatoms. The van der Waals surface area contributed by atoms with Gasteiger partial charge in [0.15, 0.2) is 0 Å². The molecule has 0 saturated heterocycles. The van der Waals surface area contributed by atoms with Gasteiger partial charge in [-0.05, 0) is 90.6 Å². The average molecular weight is 653 g/mol. The molecule has 0 atom stereocenters. The highest BCUT2D eigenvalue weighted by atomic mass is 32.1. The Morgan fingerprint density at radius 3 is 1.66 bits per heavy atom. The molecule has 0 amide bonds. The van der Waals surface area contributed by atoms with E-state index in [1.807, 2.05) is 11.3 Å². The lowest BCUT2D eigenvalue weighted by Gasteiger charge is -2.18. The standard InChI is InChI=1S/C48H28OS/c1-2-12-30(13-3-1)46-36-17-6-8-19-38(36)47(39-20-9-7-18-37(39)46)33-15-10-14-31(25-33)32-22-23-35-42-27-41-40-24-21-29-11-4-5-16-34(29)48(40)49-43(41)28-45(42)50-44(35)26-32/h1-28H. The van der Waals surface area contributed by atoms with E-state index in [0.29, 0.717) is 0 Å². The molecule has 0 aliphatic heterocycles. The van der Waals surface area contributed by atoms with Crippen molar-refractivity contribution in [2.24, 2.45) is 0 Å². The van der Waals surface area contributed by atoms with Gasteiger partial charge in [-0.2, -0.15) is 0 Å². The molecule has 11 aromatic rings. The highest BCUT2D eigenvalue weighted by Gasteiger charge is 2.18. The first kappa shape index (κ1) is 27.7. The van der Waals surface area contributed by atoms with Crippen LogP contribution in [0.25, 0.3) is 108 Å². The van der Waals surface area contributed by atoms with E-state index in [4.69, 9.17) is 4.42 Å². The van der Waals surface area contributed by atoms with Gasteiger partial charge < -0.3 is 4.42 Å². The zero-order valence-electron chi connectivity index (χ0n) is 27.0. The lowest BCUT2D eigenvalue weighted by molar-refractivity contribution is 0.673. The van der Waals surface area contributed by atoms with E-state index in [0.717, 1.165) is 16.6 Å². The first-order chi connectivity index (χ1) is 24.8.